The second-order valence-corrected chi connectivity index (χ2v) is 6.51. The molecule has 1 aliphatic rings. The summed E-state index contributed by atoms with van der Waals surface area (Å²) in [6.07, 6.45) is 5.45. The Labute approximate surface area is 148 Å². The SMILES string of the molecule is C[C@H](C(=O)Nc1cc(C2CC2)[nH]n1)c1cnn(-c2ccc(F)c(F)c2)c1. The molecular formula is C18H17F2N5O. The molecule has 2 aromatic heterocycles. The maximum absolute atomic E-state index is 13.4. The predicted molar refractivity (Wildman–Crippen MR) is 91.1 cm³/mol. The van der Waals surface area contributed by atoms with Crippen molar-refractivity contribution in [3.63, 3.8) is 0 Å². The number of carbonyl (C=O) groups is 1. The summed E-state index contributed by atoms with van der Waals surface area (Å²) in [7, 11) is 0. The zero-order valence-corrected chi connectivity index (χ0v) is 14.0. The van der Waals surface area contributed by atoms with E-state index in [1.54, 1.807) is 13.1 Å². The van der Waals surface area contributed by atoms with Crippen molar-refractivity contribution >= 4 is 11.7 Å². The summed E-state index contributed by atoms with van der Waals surface area (Å²) in [5.41, 5.74) is 2.08. The Hall–Kier alpha value is -3.03. The van der Waals surface area contributed by atoms with Crippen molar-refractivity contribution in [2.75, 3.05) is 5.32 Å². The van der Waals surface area contributed by atoms with Gasteiger partial charge in [-0.25, -0.2) is 13.5 Å². The Morgan fingerprint density at radius 1 is 1.31 bits per heavy atom. The molecule has 0 saturated heterocycles. The van der Waals surface area contributed by atoms with Gasteiger partial charge in [-0.3, -0.25) is 9.89 Å². The number of halogens is 2. The molecule has 4 rings (SSSR count). The van der Waals surface area contributed by atoms with Gasteiger partial charge in [0.2, 0.25) is 5.91 Å². The number of nitrogens with one attached hydrogen (secondary N) is 2. The normalized spacial score (nSPS) is 15.0. The first-order valence-corrected chi connectivity index (χ1v) is 8.37. The van der Waals surface area contributed by atoms with Crippen molar-refractivity contribution < 1.29 is 13.6 Å². The Morgan fingerprint density at radius 2 is 2.12 bits per heavy atom. The van der Waals surface area contributed by atoms with E-state index in [9.17, 15) is 13.6 Å². The minimum absolute atomic E-state index is 0.219. The number of anilines is 1. The van der Waals surface area contributed by atoms with Crippen molar-refractivity contribution in [3.8, 4) is 5.69 Å². The van der Waals surface area contributed by atoms with E-state index in [0.29, 0.717) is 23.0 Å². The molecule has 1 saturated carbocycles. The van der Waals surface area contributed by atoms with Crippen LogP contribution in [0.25, 0.3) is 5.69 Å². The highest BCUT2D eigenvalue weighted by Crippen LogP contribution is 2.39. The summed E-state index contributed by atoms with van der Waals surface area (Å²) in [6, 6.07) is 5.37. The first-order chi connectivity index (χ1) is 12.5. The lowest BCUT2D eigenvalue weighted by atomic mass is 10.0. The van der Waals surface area contributed by atoms with Crippen molar-refractivity contribution in [2.24, 2.45) is 0 Å². The minimum atomic E-state index is -0.949. The monoisotopic (exact) mass is 357 g/mol. The molecule has 1 amide bonds. The molecule has 3 aromatic rings. The molecule has 0 spiro atoms. The first kappa shape index (κ1) is 16.4. The molecular weight excluding hydrogens is 340 g/mol. The highest BCUT2D eigenvalue weighted by molar-refractivity contribution is 5.94. The fourth-order valence-corrected chi connectivity index (χ4v) is 2.72. The molecule has 6 nitrogen and oxygen atoms in total. The van der Waals surface area contributed by atoms with Gasteiger partial charge >= 0.3 is 0 Å². The van der Waals surface area contributed by atoms with Crippen molar-refractivity contribution in [1.29, 1.82) is 0 Å². The number of rotatable bonds is 5. The van der Waals surface area contributed by atoms with Gasteiger partial charge in [0.15, 0.2) is 17.5 Å². The van der Waals surface area contributed by atoms with E-state index >= 15 is 0 Å². The van der Waals surface area contributed by atoms with Crippen molar-refractivity contribution in [3.05, 3.63) is 59.6 Å². The Bertz CT molecular complexity index is 960. The molecule has 0 unspecified atom stereocenters. The van der Waals surface area contributed by atoms with E-state index < -0.39 is 17.6 Å². The number of benzene rings is 1. The van der Waals surface area contributed by atoms with Crippen LogP contribution in [-0.2, 0) is 4.79 Å². The van der Waals surface area contributed by atoms with Crippen LogP contribution >= 0.6 is 0 Å². The van der Waals surface area contributed by atoms with Crippen LogP contribution in [-0.4, -0.2) is 25.9 Å². The third kappa shape index (κ3) is 3.22. The fourth-order valence-electron chi connectivity index (χ4n) is 2.72. The minimum Gasteiger partial charge on any atom is -0.309 e. The molecule has 2 heterocycles. The molecule has 134 valence electrons. The fraction of sp³-hybridized carbons (Fsp3) is 0.278. The number of H-pyrrole nitrogens is 1. The van der Waals surface area contributed by atoms with Gasteiger partial charge in [0.1, 0.15) is 0 Å². The number of hydrogen-bond donors (Lipinski definition) is 2. The third-order valence-corrected chi connectivity index (χ3v) is 4.53. The number of aromatic amines is 1. The average molecular weight is 357 g/mol. The lowest BCUT2D eigenvalue weighted by molar-refractivity contribution is -0.117. The molecule has 0 aliphatic heterocycles. The highest BCUT2D eigenvalue weighted by atomic mass is 19.2. The quantitative estimate of drug-likeness (QED) is 0.734. The first-order valence-electron chi connectivity index (χ1n) is 8.37. The summed E-state index contributed by atoms with van der Waals surface area (Å²) in [5, 5.41) is 14.0. The zero-order valence-electron chi connectivity index (χ0n) is 14.0. The van der Waals surface area contributed by atoms with E-state index in [0.717, 1.165) is 30.7 Å². The van der Waals surface area contributed by atoms with Crippen molar-refractivity contribution in [1.82, 2.24) is 20.0 Å². The number of carbonyl (C=O) groups excluding carboxylic acids is 1. The predicted octanol–water partition coefficient (Wildman–Crippen LogP) is 3.49. The largest absolute Gasteiger partial charge is 0.309 e. The van der Waals surface area contributed by atoms with E-state index in [1.165, 1.54) is 16.9 Å². The topological polar surface area (TPSA) is 75.6 Å². The van der Waals surface area contributed by atoms with E-state index in [1.807, 2.05) is 6.07 Å². The van der Waals surface area contributed by atoms with Gasteiger partial charge in [0, 0.05) is 35.5 Å². The van der Waals surface area contributed by atoms with Gasteiger partial charge in [-0.05, 0) is 31.9 Å². The van der Waals surface area contributed by atoms with Gasteiger partial charge in [0.05, 0.1) is 17.8 Å². The lowest BCUT2D eigenvalue weighted by Gasteiger charge is -2.08. The number of amides is 1. The van der Waals surface area contributed by atoms with Crippen LogP contribution in [0.15, 0.2) is 36.7 Å². The van der Waals surface area contributed by atoms with Crippen LogP contribution < -0.4 is 5.32 Å². The van der Waals surface area contributed by atoms with Gasteiger partial charge in [-0.2, -0.15) is 10.2 Å². The number of nitrogens with zero attached hydrogens (tertiary/aromatic N) is 3. The van der Waals surface area contributed by atoms with Crippen LogP contribution in [0.4, 0.5) is 14.6 Å². The molecule has 1 fully saturated rings. The molecule has 2 N–H and O–H groups in total. The van der Waals surface area contributed by atoms with E-state index in [2.05, 4.69) is 20.6 Å². The molecule has 0 bridgehead atoms. The van der Waals surface area contributed by atoms with Gasteiger partial charge in [0.25, 0.3) is 0 Å². The van der Waals surface area contributed by atoms with Crippen LogP contribution in [0.1, 0.15) is 42.9 Å². The number of hydrogen-bond acceptors (Lipinski definition) is 3. The smallest absolute Gasteiger partial charge is 0.232 e. The molecule has 1 aromatic carbocycles. The van der Waals surface area contributed by atoms with E-state index in [4.69, 9.17) is 0 Å². The maximum Gasteiger partial charge on any atom is 0.232 e. The van der Waals surface area contributed by atoms with Gasteiger partial charge in [-0.15, -0.1) is 0 Å². The van der Waals surface area contributed by atoms with Crippen LogP contribution in [0.3, 0.4) is 0 Å². The Kier molecular flexibility index (Phi) is 4.02. The van der Waals surface area contributed by atoms with E-state index in [-0.39, 0.29) is 5.91 Å². The summed E-state index contributed by atoms with van der Waals surface area (Å²) in [5.74, 6) is -1.54. The molecule has 1 atom stereocenters. The second-order valence-electron chi connectivity index (χ2n) is 6.51. The Balaban J connectivity index is 1.46. The lowest BCUT2D eigenvalue weighted by Crippen LogP contribution is -2.18. The molecule has 26 heavy (non-hydrogen) atoms. The maximum atomic E-state index is 13.4. The standard InChI is InChI=1S/C18H17F2N5O/c1-10(18(26)22-17-7-16(23-24-17)11-2-3-11)12-8-21-25(9-12)13-4-5-14(19)15(20)6-13/h4-11H,2-3H2,1H3,(H2,22,23,24,26)/t10-/m0/s1. The van der Waals surface area contributed by atoms with Crippen LogP contribution in [0.5, 0.6) is 0 Å². The molecule has 1 aliphatic carbocycles. The summed E-state index contributed by atoms with van der Waals surface area (Å²) >= 11 is 0. The average Bonchev–Trinajstić information content (AvgIpc) is 3.17. The number of aromatic nitrogens is 4. The van der Waals surface area contributed by atoms with Gasteiger partial charge in [-0.1, -0.05) is 0 Å². The summed E-state index contributed by atoms with van der Waals surface area (Å²) in [6.45, 7) is 1.75. The highest BCUT2D eigenvalue weighted by Gasteiger charge is 2.26. The third-order valence-electron chi connectivity index (χ3n) is 4.53. The molecule has 8 heteroatoms. The second kappa shape index (κ2) is 6.36. The summed E-state index contributed by atoms with van der Waals surface area (Å²) < 4.78 is 27.8. The summed E-state index contributed by atoms with van der Waals surface area (Å²) in [4.78, 5) is 12.4. The van der Waals surface area contributed by atoms with Crippen molar-refractivity contribution in [2.45, 2.75) is 31.6 Å². The van der Waals surface area contributed by atoms with Gasteiger partial charge < -0.3 is 5.32 Å². The van der Waals surface area contributed by atoms with Crippen LogP contribution in [0, 0.1) is 11.6 Å². The Morgan fingerprint density at radius 3 is 2.85 bits per heavy atom. The zero-order chi connectivity index (χ0) is 18.3. The van der Waals surface area contributed by atoms with Crippen LogP contribution in [0.2, 0.25) is 0 Å². The molecule has 0 radical (unpaired) electrons.